The molecular formula is C24H28N2O4. The SMILES string of the molecule is CCC(=O)NC1CCC(N(C)C(=O)c2ccc(-c3ccc(C(=O)O)c(C)c3)cc2)C1. The number of nitrogens with zero attached hydrogens (tertiary/aromatic N) is 1. The molecule has 6 nitrogen and oxygen atoms in total. The molecule has 2 amide bonds. The van der Waals surface area contributed by atoms with Gasteiger partial charge in [0.2, 0.25) is 5.91 Å². The number of rotatable bonds is 6. The third kappa shape index (κ3) is 4.70. The van der Waals surface area contributed by atoms with Gasteiger partial charge >= 0.3 is 5.97 Å². The van der Waals surface area contributed by atoms with Crippen molar-refractivity contribution in [2.24, 2.45) is 0 Å². The predicted molar refractivity (Wildman–Crippen MR) is 116 cm³/mol. The topological polar surface area (TPSA) is 86.7 Å². The average Bonchev–Trinajstić information content (AvgIpc) is 3.20. The molecule has 0 heterocycles. The maximum absolute atomic E-state index is 12.9. The Hall–Kier alpha value is -3.15. The summed E-state index contributed by atoms with van der Waals surface area (Å²) in [5.41, 5.74) is 3.44. The van der Waals surface area contributed by atoms with Crippen molar-refractivity contribution < 1.29 is 19.5 Å². The highest BCUT2D eigenvalue weighted by atomic mass is 16.4. The molecule has 1 aliphatic rings. The summed E-state index contributed by atoms with van der Waals surface area (Å²) in [5, 5.41) is 12.2. The molecule has 0 aliphatic heterocycles. The number of hydrogen-bond acceptors (Lipinski definition) is 3. The van der Waals surface area contributed by atoms with Crippen LogP contribution in [0, 0.1) is 6.92 Å². The second kappa shape index (κ2) is 9.11. The van der Waals surface area contributed by atoms with E-state index in [-0.39, 0.29) is 29.5 Å². The number of carboxylic acids is 1. The van der Waals surface area contributed by atoms with Crippen LogP contribution in [0.25, 0.3) is 11.1 Å². The molecule has 2 aromatic carbocycles. The number of aryl methyl sites for hydroxylation is 1. The third-order valence-corrected chi connectivity index (χ3v) is 5.88. The van der Waals surface area contributed by atoms with Gasteiger partial charge in [-0.25, -0.2) is 4.79 Å². The van der Waals surface area contributed by atoms with Gasteiger partial charge in [0, 0.05) is 31.1 Å². The van der Waals surface area contributed by atoms with Gasteiger partial charge in [-0.05, 0) is 61.1 Å². The van der Waals surface area contributed by atoms with Crippen molar-refractivity contribution in [2.75, 3.05) is 7.05 Å². The fourth-order valence-corrected chi connectivity index (χ4v) is 4.03. The van der Waals surface area contributed by atoms with Gasteiger partial charge in [-0.3, -0.25) is 9.59 Å². The van der Waals surface area contributed by atoms with Crippen LogP contribution < -0.4 is 5.32 Å². The molecule has 2 atom stereocenters. The first-order valence-corrected chi connectivity index (χ1v) is 10.3. The van der Waals surface area contributed by atoms with Crippen molar-refractivity contribution in [3.8, 4) is 11.1 Å². The first-order valence-electron chi connectivity index (χ1n) is 10.3. The molecule has 0 radical (unpaired) electrons. The highest BCUT2D eigenvalue weighted by molar-refractivity contribution is 5.95. The number of carboxylic acid groups (broad SMARTS) is 1. The number of hydrogen-bond donors (Lipinski definition) is 2. The molecule has 6 heteroatoms. The van der Waals surface area contributed by atoms with E-state index >= 15 is 0 Å². The van der Waals surface area contributed by atoms with E-state index in [1.807, 2.05) is 32.2 Å². The number of amides is 2. The van der Waals surface area contributed by atoms with E-state index < -0.39 is 5.97 Å². The van der Waals surface area contributed by atoms with Gasteiger partial charge in [-0.2, -0.15) is 0 Å². The lowest BCUT2D eigenvalue weighted by Gasteiger charge is -2.25. The Morgan fingerprint density at radius 3 is 2.33 bits per heavy atom. The largest absolute Gasteiger partial charge is 0.478 e. The fraction of sp³-hybridized carbons (Fsp3) is 0.375. The number of nitrogens with one attached hydrogen (secondary N) is 1. The van der Waals surface area contributed by atoms with E-state index in [1.54, 1.807) is 36.1 Å². The quantitative estimate of drug-likeness (QED) is 0.759. The van der Waals surface area contributed by atoms with E-state index in [9.17, 15) is 19.5 Å². The maximum atomic E-state index is 12.9. The van der Waals surface area contributed by atoms with Crippen molar-refractivity contribution in [2.45, 2.75) is 51.6 Å². The molecule has 1 saturated carbocycles. The van der Waals surface area contributed by atoms with Crippen molar-refractivity contribution in [3.05, 3.63) is 59.2 Å². The van der Waals surface area contributed by atoms with Gasteiger partial charge in [-0.1, -0.05) is 31.2 Å². The molecule has 3 rings (SSSR count). The predicted octanol–water partition coefficient (Wildman–Crippen LogP) is 3.88. The van der Waals surface area contributed by atoms with E-state index in [0.717, 1.165) is 30.4 Å². The summed E-state index contributed by atoms with van der Waals surface area (Å²) in [6, 6.07) is 12.9. The van der Waals surface area contributed by atoms with Gasteiger partial charge in [0.25, 0.3) is 5.91 Å². The Labute approximate surface area is 176 Å². The molecule has 2 aromatic rings. The Morgan fingerprint density at radius 1 is 1.07 bits per heavy atom. The summed E-state index contributed by atoms with van der Waals surface area (Å²) >= 11 is 0. The maximum Gasteiger partial charge on any atom is 0.335 e. The summed E-state index contributed by atoms with van der Waals surface area (Å²) in [6.07, 6.45) is 3.02. The van der Waals surface area contributed by atoms with E-state index in [0.29, 0.717) is 17.5 Å². The number of carbonyl (C=O) groups is 3. The second-order valence-electron chi connectivity index (χ2n) is 7.91. The zero-order valence-corrected chi connectivity index (χ0v) is 17.6. The highest BCUT2D eigenvalue weighted by Gasteiger charge is 2.30. The van der Waals surface area contributed by atoms with Crippen molar-refractivity contribution >= 4 is 17.8 Å². The number of benzene rings is 2. The zero-order chi connectivity index (χ0) is 21.8. The molecule has 1 fully saturated rings. The Bertz CT molecular complexity index is 952. The molecule has 0 aromatic heterocycles. The van der Waals surface area contributed by atoms with Crippen LogP contribution >= 0.6 is 0 Å². The molecule has 2 N–H and O–H groups in total. The Morgan fingerprint density at radius 2 is 1.73 bits per heavy atom. The minimum Gasteiger partial charge on any atom is -0.478 e. The highest BCUT2D eigenvalue weighted by Crippen LogP contribution is 2.26. The van der Waals surface area contributed by atoms with Crippen LogP contribution in [0.1, 0.15) is 58.9 Å². The van der Waals surface area contributed by atoms with Gasteiger partial charge in [0.1, 0.15) is 0 Å². The lowest BCUT2D eigenvalue weighted by atomic mass is 9.99. The minimum absolute atomic E-state index is 0.0357. The summed E-state index contributed by atoms with van der Waals surface area (Å²) in [7, 11) is 1.82. The summed E-state index contributed by atoms with van der Waals surface area (Å²) < 4.78 is 0. The van der Waals surface area contributed by atoms with Crippen LogP contribution in [0.5, 0.6) is 0 Å². The van der Waals surface area contributed by atoms with Crippen LogP contribution in [-0.2, 0) is 4.79 Å². The second-order valence-corrected chi connectivity index (χ2v) is 7.91. The lowest BCUT2D eigenvalue weighted by Crippen LogP contribution is -2.38. The normalized spacial score (nSPS) is 18.1. The van der Waals surface area contributed by atoms with Gasteiger partial charge in [0.05, 0.1) is 5.56 Å². The van der Waals surface area contributed by atoms with Gasteiger partial charge in [-0.15, -0.1) is 0 Å². The monoisotopic (exact) mass is 408 g/mol. The molecule has 30 heavy (non-hydrogen) atoms. The molecular weight excluding hydrogens is 380 g/mol. The lowest BCUT2D eigenvalue weighted by molar-refractivity contribution is -0.121. The first kappa shape index (κ1) is 21.6. The van der Waals surface area contributed by atoms with Crippen LogP contribution in [0.3, 0.4) is 0 Å². The van der Waals surface area contributed by atoms with E-state index in [1.165, 1.54) is 0 Å². The minimum atomic E-state index is -0.938. The Balaban J connectivity index is 1.67. The summed E-state index contributed by atoms with van der Waals surface area (Å²) in [5.74, 6) is -0.922. The van der Waals surface area contributed by atoms with Crippen LogP contribution in [0.2, 0.25) is 0 Å². The fourth-order valence-electron chi connectivity index (χ4n) is 4.03. The van der Waals surface area contributed by atoms with Crippen molar-refractivity contribution in [1.29, 1.82) is 0 Å². The molecule has 1 aliphatic carbocycles. The number of aromatic carboxylic acids is 1. The summed E-state index contributed by atoms with van der Waals surface area (Å²) in [4.78, 5) is 37.5. The molecule has 0 spiro atoms. The molecule has 0 bridgehead atoms. The Kier molecular flexibility index (Phi) is 6.55. The smallest absolute Gasteiger partial charge is 0.335 e. The standard InChI is InChI=1S/C24H28N2O4/c1-4-22(27)25-19-10-11-20(14-19)26(3)23(28)17-7-5-16(6-8-17)18-9-12-21(24(29)30)15(2)13-18/h5-9,12-13,19-20H,4,10-11,14H2,1-3H3,(H,25,27)(H,29,30). The van der Waals surface area contributed by atoms with Crippen LogP contribution in [0.4, 0.5) is 0 Å². The first-order chi connectivity index (χ1) is 14.3. The van der Waals surface area contributed by atoms with E-state index in [4.69, 9.17) is 0 Å². The van der Waals surface area contributed by atoms with Crippen LogP contribution in [-0.4, -0.2) is 46.9 Å². The van der Waals surface area contributed by atoms with E-state index in [2.05, 4.69) is 5.32 Å². The summed E-state index contributed by atoms with van der Waals surface area (Å²) in [6.45, 7) is 3.61. The van der Waals surface area contributed by atoms with Gasteiger partial charge in [0.15, 0.2) is 0 Å². The average molecular weight is 408 g/mol. The van der Waals surface area contributed by atoms with Gasteiger partial charge < -0.3 is 15.3 Å². The molecule has 2 unspecified atom stereocenters. The third-order valence-electron chi connectivity index (χ3n) is 5.88. The number of carbonyl (C=O) groups excluding carboxylic acids is 2. The van der Waals surface area contributed by atoms with Crippen molar-refractivity contribution in [3.63, 3.8) is 0 Å². The zero-order valence-electron chi connectivity index (χ0n) is 17.6. The van der Waals surface area contributed by atoms with Crippen molar-refractivity contribution in [1.82, 2.24) is 10.2 Å². The molecule has 0 saturated heterocycles. The molecule has 158 valence electrons. The van der Waals surface area contributed by atoms with Crippen LogP contribution in [0.15, 0.2) is 42.5 Å².